The molecule has 2 atom stereocenters. The number of methoxy groups -OCH3 is 1. The topological polar surface area (TPSA) is 70.5 Å². The molecular formula is C27H22F2N4O2. The van der Waals surface area contributed by atoms with E-state index >= 15 is 4.39 Å². The van der Waals surface area contributed by atoms with Crippen molar-refractivity contribution >= 4 is 27.4 Å². The number of nitrogens with one attached hydrogen (secondary N) is 1. The summed E-state index contributed by atoms with van der Waals surface area (Å²) in [6, 6.07) is 8.09. The second-order valence-corrected chi connectivity index (χ2v) is 9.07. The zero-order valence-corrected chi connectivity index (χ0v) is 19.0. The summed E-state index contributed by atoms with van der Waals surface area (Å²) in [5.41, 5.74) is 0.991. The molecule has 4 heterocycles. The number of anilines is 1. The van der Waals surface area contributed by atoms with Gasteiger partial charge in [-0.25, -0.2) is 13.8 Å². The third-order valence-electron chi connectivity index (χ3n) is 6.97. The van der Waals surface area contributed by atoms with Gasteiger partial charge in [0.15, 0.2) is 5.82 Å². The third-order valence-corrected chi connectivity index (χ3v) is 6.97. The molecule has 2 aliphatic rings. The predicted molar refractivity (Wildman–Crippen MR) is 131 cm³/mol. The van der Waals surface area contributed by atoms with Crippen molar-refractivity contribution in [3.05, 3.63) is 53.7 Å². The Kier molecular flexibility index (Phi) is 4.97. The van der Waals surface area contributed by atoms with Gasteiger partial charge in [-0.05, 0) is 36.4 Å². The van der Waals surface area contributed by atoms with Crippen LogP contribution in [0.25, 0.3) is 32.9 Å². The fourth-order valence-electron chi connectivity index (χ4n) is 5.41. The minimum Gasteiger partial charge on any atom is -0.508 e. The summed E-state index contributed by atoms with van der Waals surface area (Å²) >= 11 is 0. The highest BCUT2D eigenvalue weighted by atomic mass is 19.1. The first-order valence-corrected chi connectivity index (χ1v) is 11.4. The molecule has 2 aromatic heterocycles. The van der Waals surface area contributed by atoms with E-state index in [1.54, 1.807) is 6.20 Å². The molecule has 0 spiro atoms. The van der Waals surface area contributed by atoms with Gasteiger partial charge >= 0.3 is 0 Å². The van der Waals surface area contributed by atoms with Gasteiger partial charge in [0.25, 0.3) is 0 Å². The van der Waals surface area contributed by atoms with Gasteiger partial charge in [0.05, 0.1) is 18.4 Å². The van der Waals surface area contributed by atoms with Crippen molar-refractivity contribution in [3.8, 4) is 35.2 Å². The molecular weight excluding hydrogens is 450 g/mol. The Bertz CT molecular complexity index is 1540. The molecule has 6 nitrogen and oxygen atoms in total. The van der Waals surface area contributed by atoms with Gasteiger partial charge < -0.3 is 20.1 Å². The number of halogens is 2. The number of ether oxygens (including phenoxy) is 1. The lowest BCUT2D eigenvalue weighted by molar-refractivity contribution is 0.398. The fraction of sp³-hybridized carbons (Fsp3) is 0.259. The van der Waals surface area contributed by atoms with E-state index in [2.05, 4.69) is 26.1 Å². The highest BCUT2D eigenvalue weighted by molar-refractivity contribution is 6.03. The van der Waals surface area contributed by atoms with Crippen LogP contribution in [-0.2, 0) is 0 Å². The van der Waals surface area contributed by atoms with Gasteiger partial charge in [-0.2, -0.15) is 0 Å². The molecule has 0 aliphatic carbocycles. The first kappa shape index (κ1) is 21.6. The van der Waals surface area contributed by atoms with Crippen LogP contribution < -0.4 is 15.0 Å². The summed E-state index contributed by atoms with van der Waals surface area (Å²) in [6.45, 7) is 1.59. The first-order chi connectivity index (χ1) is 17.0. The molecule has 4 aromatic rings. The molecule has 2 fully saturated rings. The maximum absolute atomic E-state index is 16.1. The van der Waals surface area contributed by atoms with Crippen LogP contribution in [0, 0.1) is 24.0 Å². The number of hydrogen-bond acceptors (Lipinski definition) is 6. The van der Waals surface area contributed by atoms with Gasteiger partial charge in [0, 0.05) is 53.8 Å². The average Bonchev–Trinajstić information content (AvgIpc) is 3.20. The van der Waals surface area contributed by atoms with Crippen LogP contribution >= 0.6 is 0 Å². The lowest BCUT2D eigenvalue weighted by Gasteiger charge is -2.35. The highest BCUT2D eigenvalue weighted by Crippen LogP contribution is 2.40. The Morgan fingerprint density at radius 2 is 1.94 bits per heavy atom. The van der Waals surface area contributed by atoms with Gasteiger partial charge in [-0.3, -0.25) is 4.98 Å². The number of phenolic OH excluding ortho intramolecular Hbond substituents is 1. The number of hydrogen-bond donors (Lipinski definition) is 2. The summed E-state index contributed by atoms with van der Waals surface area (Å²) in [4.78, 5) is 11.1. The predicted octanol–water partition coefficient (Wildman–Crippen LogP) is 4.36. The zero-order valence-electron chi connectivity index (χ0n) is 19.0. The first-order valence-electron chi connectivity index (χ1n) is 11.4. The molecule has 2 aliphatic heterocycles. The highest BCUT2D eigenvalue weighted by Gasteiger charge is 2.33. The Morgan fingerprint density at radius 1 is 1.17 bits per heavy atom. The standard InChI is InChI=1S/C27H22F2N4O2/c1-3-18-21(28)7-4-14-8-17(34)9-19(24(14)18)26-25(29)27-20(11-30-26)22(10-23(32-27)35-2)33-12-15-5-6-16(13-33)31-15/h1,4,7-11,15-16,31,34H,5-6,12-13H2,2H3. The molecule has 2 saturated heterocycles. The maximum Gasteiger partial charge on any atom is 0.215 e. The van der Waals surface area contributed by atoms with E-state index in [0.29, 0.717) is 28.2 Å². The number of fused-ring (bicyclic) bond motifs is 4. The normalized spacial score (nSPS) is 19.3. The number of piperazine rings is 1. The minimum absolute atomic E-state index is 0.0191. The zero-order chi connectivity index (χ0) is 24.3. The van der Waals surface area contributed by atoms with Gasteiger partial charge in [-0.15, -0.1) is 6.42 Å². The minimum atomic E-state index is -0.695. The third kappa shape index (κ3) is 3.43. The number of phenols is 1. The molecule has 35 heavy (non-hydrogen) atoms. The average molecular weight is 472 g/mol. The Morgan fingerprint density at radius 3 is 2.66 bits per heavy atom. The number of nitrogens with zero attached hydrogens (tertiary/aromatic N) is 3. The molecule has 2 bridgehead atoms. The van der Waals surface area contributed by atoms with Crippen LogP contribution in [0.4, 0.5) is 14.5 Å². The van der Waals surface area contributed by atoms with Crippen LogP contribution in [0.3, 0.4) is 0 Å². The van der Waals surface area contributed by atoms with Gasteiger partial charge in [0.1, 0.15) is 22.8 Å². The number of aromatic nitrogens is 2. The number of benzene rings is 2. The van der Waals surface area contributed by atoms with Crippen LogP contribution in [0.15, 0.2) is 36.5 Å². The summed E-state index contributed by atoms with van der Waals surface area (Å²) in [5.74, 6) is 1.22. The number of pyridine rings is 2. The molecule has 0 amide bonds. The van der Waals surface area contributed by atoms with Crippen molar-refractivity contribution in [1.29, 1.82) is 0 Å². The van der Waals surface area contributed by atoms with Crippen molar-refractivity contribution in [3.63, 3.8) is 0 Å². The SMILES string of the molecule is C#Cc1c(F)ccc2cc(O)cc(-c3ncc4c(N5CC6CCC(C5)N6)cc(OC)nc4c3F)c12. The number of rotatable bonds is 3. The van der Waals surface area contributed by atoms with Crippen molar-refractivity contribution in [2.75, 3.05) is 25.1 Å². The van der Waals surface area contributed by atoms with Crippen LogP contribution in [0.2, 0.25) is 0 Å². The summed E-state index contributed by atoms with van der Waals surface area (Å²) in [5, 5.41) is 15.3. The molecule has 0 radical (unpaired) electrons. The summed E-state index contributed by atoms with van der Waals surface area (Å²) in [6.07, 6.45) is 9.38. The van der Waals surface area contributed by atoms with E-state index < -0.39 is 11.6 Å². The Balaban J connectivity index is 1.59. The van der Waals surface area contributed by atoms with Crippen molar-refractivity contribution in [1.82, 2.24) is 15.3 Å². The lowest BCUT2D eigenvalue weighted by atomic mass is 9.95. The lowest BCUT2D eigenvalue weighted by Crippen LogP contribution is -2.51. The van der Waals surface area contributed by atoms with Crippen LogP contribution in [0.1, 0.15) is 18.4 Å². The quantitative estimate of drug-likeness (QED) is 0.432. The maximum atomic E-state index is 16.1. The molecule has 8 heteroatoms. The Labute approximate surface area is 200 Å². The summed E-state index contributed by atoms with van der Waals surface area (Å²) in [7, 11) is 1.49. The van der Waals surface area contributed by atoms with E-state index in [-0.39, 0.29) is 34.0 Å². The molecule has 2 unspecified atom stereocenters. The summed E-state index contributed by atoms with van der Waals surface area (Å²) < 4.78 is 36.1. The molecule has 2 N–H and O–H groups in total. The number of terminal acetylenes is 1. The van der Waals surface area contributed by atoms with E-state index in [4.69, 9.17) is 11.2 Å². The largest absolute Gasteiger partial charge is 0.508 e. The second kappa shape index (κ2) is 8.07. The monoisotopic (exact) mass is 472 g/mol. The molecule has 176 valence electrons. The van der Waals surface area contributed by atoms with E-state index in [1.807, 2.05) is 6.07 Å². The van der Waals surface area contributed by atoms with Gasteiger partial charge in [0.2, 0.25) is 5.88 Å². The van der Waals surface area contributed by atoms with Crippen molar-refractivity contribution in [2.45, 2.75) is 24.9 Å². The smallest absolute Gasteiger partial charge is 0.215 e. The number of aromatic hydroxyl groups is 1. The molecule has 0 saturated carbocycles. The fourth-order valence-corrected chi connectivity index (χ4v) is 5.41. The van der Waals surface area contributed by atoms with E-state index in [0.717, 1.165) is 31.6 Å². The van der Waals surface area contributed by atoms with Crippen molar-refractivity contribution < 1.29 is 18.6 Å². The van der Waals surface area contributed by atoms with E-state index in [1.165, 1.54) is 31.4 Å². The van der Waals surface area contributed by atoms with Crippen LogP contribution in [-0.4, -0.2) is 47.4 Å². The second-order valence-electron chi connectivity index (χ2n) is 9.07. The van der Waals surface area contributed by atoms with Gasteiger partial charge in [-0.1, -0.05) is 12.0 Å². The van der Waals surface area contributed by atoms with Crippen LogP contribution in [0.5, 0.6) is 11.6 Å². The van der Waals surface area contributed by atoms with Crippen molar-refractivity contribution in [2.24, 2.45) is 0 Å². The van der Waals surface area contributed by atoms with E-state index in [9.17, 15) is 9.50 Å². The Hall–Kier alpha value is -3.96. The molecule has 2 aromatic carbocycles. The molecule has 6 rings (SSSR count).